The van der Waals surface area contributed by atoms with E-state index in [1.165, 1.54) is 23.6 Å². The Kier molecular flexibility index (Phi) is 3.40. The molecule has 18 heavy (non-hydrogen) atoms. The zero-order valence-corrected chi connectivity index (χ0v) is 10.7. The number of nitrogens with one attached hydrogen (secondary N) is 1. The molecule has 5 nitrogen and oxygen atoms in total. The minimum Gasteiger partial charge on any atom is -0.390 e. The number of benzene rings is 1. The maximum atomic E-state index is 12.3. The van der Waals surface area contributed by atoms with Crippen LogP contribution in [0.1, 0.15) is 5.69 Å². The van der Waals surface area contributed by atoms with Crippen molar-refractivity contribution in [2.75, 3.05) is 11.4 Å². The first-order chi connectivity index (χ1) is 8.55. The van der Waals surface area contributed by atoms with Crippen LogP contribution in [0.15, 0.2) is 47.5 Å². The lowest BCUT2D eigenvalue weighted by Crippen LogP contribution is -2.26. The van der Waals surface area contributed by atoms with Crippen molar-refractivity contribution in [2.24, 2.45) is 0 Å². The first-order valence-corrected chi connectivity index (χ1v) is 6.82. The van der Waals surface area contributed by atoms with Gasteiger partial charge in [0.1, 0.15) is 4.90 Å². The van der Waals surface area contributed by atoms with Crippen LogP contribution in [0.25, 0.3) is 0 Å². The van der Waals surface area contributed by atoms with E-state index in [1.54, 1.807) is 24.3 Å². The van der Waals surface area contributed by atoms with Gasteiger partial charge in [-0.3, -0.25) is 4.31 Å². The number of anilines is 1. The molecule has 0 radical (unpaired) electrons. The number of para-hydroxylation sites is 1. The molecule has 0 fully saturated rings. The van der Waals surface area contributed by atoms with E-state index in [0.717, 1.165) is 0 Å². The first kappa shape index (κ1) is 12.7. The number of aromatic amines is 1. The molecule has 1 aromatic heterocycles. The van der Waals surface area contributed by atoms with Crippen LogP contribution in [-0.2, 0) is 16.6 Å². The number of H-pyrrole nitrogens is 1. The van der Waals surface area contributed by atoms with E-state index in [9.17, 15) is 8.42 Å². The molecule has 1 heterocycles. The summed E-state index contributed by atoms with van der Waals surface area (Å²) in [5.41, 5.74) is 1.05. The average Bonchev–Trinajstić information content (AvgIpc) is 2.88. The summed E-state index contributed by atoms with van der Waals surface area (Å²) in [4.78, 5) is 2.85. The van der Waals surface area contributed by atoms with Crippen LogP contribution in [0, 0.1) is 0 Å². The Morgan fingerprint density at radius 3 is 2.50 bits per heavy atom. The zero-order valence-electron chi connectivity index (χ0n) is 9.87. The Morgan fingerprint density at radius 1 is 1.28 bits per heavy atom. The van der Waals surface area contributed by atoms with Crippen LogP contribution in [0.2, 0.25) is 0 Å². The summed E-state index contributed by atoms with van der Waals surface area (Å²) in [7, 11) is -2.09. The van der Waals surface area contributed by atoms with Crippen molar-refractivity contribution in [1.29, 1.82) is 0 Å². The van der Waals surface area contributed by atoms with Crippen molar-refractivity contribution in [3.8, 4) is 0 Å². The van der Waals surface area contributed by atoms with Gasteiger partial charge in [0, 0.05) is 18.9 Å². The lowest BCUT2D eigenvalue weighted by Gasteiger charge is -2.18. The van der Waals surface area contributed by atoms with Gasteiger partial charge in [0.05, 0.1) is 12.3 Å². The number of hydrogen-bond donors (Lipinski definition) is 2. The maximum Gasteiger partial charge on any atom is 0.265 e. The molecule has 0 spiro atoms. The van der Waals surface area contributed by atoms with Crippen LogP contribution < -0.4 is 4.31 Å². The highest BCUT2D eigenvalue weighted by Gasteiger charge is 2.22. The molecule has 2 rings (SSSR count). The molecular weight excluding hydrogens is 252 g/mol. The number of rotatable bonds is 4. The number of aliphatic hydroxyl groups is 1. The van der Waals surface area contributed by atoms with Gasteiger partial charge < -0.3 is 10.1 Å². The standard InChI is InChI=1S/C12H14N2O3S/c1-14(11-5-3-2-4-6-11)18(16,17)12-7-10(9-15)13-8-12/h2-8,13,15H,9H2,1H3. The van der Waals surface area contributed by atoms with Gasteiger partial charge in [-0.05, 0) is 18.2 Å². The minimum absolute atomic E-state index is 0.137. The number of aliphatic hydroxyl groups excluding tert-OH is 1. The van der Waals surface area contributed by atoms with E-state index in [-0.39, 0.29) is 11.5 Å². The molecule has 2 aromatic rings. The minimum atomic E-state index is -3.59. The van der Waals surface area contributed by atoms with E-state index in [4.69, 9.17) is 5.11 Å². The SMILES string of the molecule is CN(c1ccccc1)S(=O)(=O)c1c[nH]c(CO)c1. The van der Waals surface area contributed by atoms with Gasteiger partial charge in [0.2, 0.25) is 0 Å². The Bertz CT molecular complexity index is 620. The molecule has 0 unspecified atom stereocenters. The topological polar surface area (TPSA) is 73.4 Å². The lowest BCUT2D eigenvalue weighted by molar-refractivity contribution is 0.277. The van der Waals surface area contributed by atoms with Gasteiger partial charge in [0.25, 0.3) is 10.0 Å². The van der Waals surface area contributed by atoms with E-state index < -0.39 is 10.0 Å². The van der Waals surface area contributed by atoms with Crippen LogP contribution in [-0.4, -0.2) is 25.6 Å². The molecule has 0 amide bonds. The largest absolute Gasteiger partial charge is 0.390 e. The van der Waals surface area contributed by atoms with Crippen molar-refractivity contribution < 1.29 is 13.5 Å². The van der Waals surface area contributed by atoms with Crippen LogP contribution in [0.3, 0.4) is 0 Å². The summed E-state index contributed by atoms with van der Waals surface area (Å²) >= 11 is 0. The molecular formula is C12H14N2O3S. The second-order valence-electron chi connectivity index (χ2n) is 3.83. The molecule has 0 aliphatic rings. The van der Waals surface area contributed by atoms with Crippen LogP contribution in [0.4, 0.5) is 5.69 Å². The zero-order chi connectivity index (χ0) is 13.2. The molecule has 6 heteroatoms. The van der Waals surface area contributed by atoms with Gasteiger partial charge in [-0.1, -0.05) is 18.2 Å². The van der Waals surface area contributed by atoms with Gasteiger partial charge in [0.15, 0.2) is 0 Å². The second-order valence-corrected chi connectivity index (χ2v) is 5.80. The average molecular weight is 266 g/mol. The Hall–Kier alpha value is -1.79. The first-order valence-electron chi connectivity index (χ1n) is 5.38. The fourth-order valence-electron chi connectivity index (χ4n) is 1.59. The van der Waals surface area contributed by atoms with E-state index in [0.29, 0.717) is 11.4 Å². The predicted molar refractivity (Wildman–Crippen MR) is 68.7 cm³/mol. The Morgan fingerprint density at radius 2 is 1.94 bits per heavy atom. The number of aromatic nitrogens is 1. The number of sulfonamides is 1. The van der Waals surface area contributed by atoms with Gasteiger partial charge in [-0.2, -0.15) is 0 Å². The molecule has 2 N–H and O–H groups in total. The highest BCUT2D eigenvalue weighted by atomic mass is 32.2. The van der Waals surface area contributed by atoms with Crippen molar-refractivity contribution >= 4 is 15.7 Å². The third-order valence-electron chi connectivity index (χ3n) is 2.66. The smallest absolute Gasteiger partial charge is 0.265 e. The second kappa shape index (κ2) is 4.83. The number of nitrogens with zero attached hydrogens (tertiary/aromatic N) is 1. The van der Waals surface area contributed by atoms with Gasteiger partial charge >= 0.3 is 0 Å². The molecule has 1 aromatic carbocycles. The molecule has 0 atom stereocenters. The quantitative estimate of drug-likeness (QED) is 0.877. The summed E-state index contributed by atoms with van der Waals surface area (Å²) in [5.74, 6) is 0. The highest BCUT2D eigenvalue weighted by Crippen LogP contribution is 2.21. The molecule has 96 valence electrons. The van der Waals surface area contributed by atoms with Crippen molar-refractivity contribution in [3.63, 3.8) is 0 Å². The summed E-state index contributed by atoms with van der Waals surface area (Å²) in [6.45, 7) is -0.218. The fourth-order valence-corrected chi connectivity index (χ4v) is 2.81. The molecule has 0 bridgehead atoms. The monoisotopic (exact) mass is 266 g/mol. The van der Waals surface area contributed by atoms with E-state index >= 15 is 0 Å². The summed E-state index contributed by atoms with van der Waals surface area (Å²) in [6, 6.07) is 10.2. The molecule has 0 saturated carbocycles. The summed E-state index contributed by atoms with van der Waals surface area (Å²) < 4.78 is 25.8. The van der Waals surface area contributed by atoms with Gasteiger partial charge in [-0.25, -0.2) is 8.42 Å². The summed E-state index contributed by atoms with van der Waals surface area (Å²) in [5, 5.41) is 8.93. The molecule has 0 aliphatic carbocycles. The van der Waals surface area contributed by atoms with Crippen LogP contribution in [0.5, 0.6) is 0 Å². The third kappa shape index (κ3) is 2.25. The molecule has 0 aliphatic heterocycles. The third-order valence-corrected chi connectivity index (χ3v) is 4.43. The predicted octanol–water partition coefficient (Wildman–Crippen LogP) is 1.33. The highest BCUT2D eigenvalue weighted by molar-refractivity contribution is 7.92. The normalized spacial score (nSPS) is 11.4. The lowest BCUT2D eigenvalue weighted by atomic mass is 10.3. The van der Waals surface area contributed by atoms with Gasteiger partial charge in [-0.15, -0.1) is 0 Å². The van der Waals surface area contributed by atoms with Crippen molar-refractivity contribution in [1.82, 2.24) is 4.98 Å². The van der Waals surface area contributed by atoms with E-state index in [2.05, 4.69) is 4.98 Å². The maximum absolute atomic E-state index is 12.3. The summed E-state index contributed by atoms with van der Waals surface area (Å²) in [6.07, 6.45) is 1.38. The number of hydrogen-bond acceptors (Lipinski definition) is 3. The van der Waals surface area contributed by atoms with Crippen LogP contribution >= 0.6 is 0 Å². The van der Waals surface area contributed by atoms with Crippen molar-refractivity contribution in [2.45, 2.75) is 11.5 Å². The van der Waals surface area contributed by atoms with E-state index in [1.807, 2.05) is 6.07 Å². The Balaban J connectivity index is 2.37. The molecule has 0 saturated heterocycles. The van der Waals surface area contributed by atoms with Crippen molar-refractivity contribution in [3.05, 3.63) is 48.3 Å². The fraction of sp³-hybridized carbons (Fsp3) is 0.167. The Labute approximate surface area is 106 Å².